The lowest BCUT2D eigenvalue weighted by molar-refractivity contribution is 0.0479. The van der Waals surface area contributed by atoms with E-state index in [0.717, 1.165) is 12.8 Å². The van der Waals surface area contributed by atoms with Gasteiger partial charge in [0.15, 0.2) is 11.6 Å². The van der Waals surface area contributed by atoms with Gasteiger partial charge in [-0.05, 0) is 30.9 Å². The molecule has 0 aromatic heterocycles. The highest BCUT2D eigenvalue weighted by molar-refractivity contribution is 8.13. The van der Waals surface area contributed by atoms with E-state index in [-0.39, 0.29) is 12.5 Å². The lowest BCUT2D eigenvalue weighted by Gasteiger charge is -2.07. The molecule has 0 bridgehead atoms. The molecule has 0 amide bonds. The first-order valence-electron chi connectivity index (χ1n) is 5.40. The first kappa shape index (κ1) is 14.2. The molecular formula is C11H9ClF2O4S. The number of carbonyl (C=O) groups excluding carboxylic acids is 1. The van der Waals surface area contributed by atoms with E-state index in [0.29, 0.717) is 12.1 Å². The highest BCUT2D eigenvalue weighted by atomic mass is 35.7. The van der Waals surface area contributed by atoms with Crippen LogP contribution in [0.1, 0.15) is 23.2 Å². The molecule has 0 aliphatic heterocycles. The maximum Gasteiger partial charge on any atom is 0.341 e. The fraction of sp³-hybridized carbons (Fsp3) is 0.364. The predicted octanol–water partition coefficient (Wildman–Crippen LogP) is 2.46. The quantitative estimate of drug-likeness (QED) is 0.633. The second-order valence-corrected chi connectivity index (χ2v) is 6.81. The van der Waals surface area contributed by atoms with Crippen molar-refractivity contribution in [2.24, 2.45) is 5.92 Å². The zero-order valence-corrected chi connectivity index (χ0v) is 11.1. The molecule has 1 aliphatic carbocycles. The number of carbonyl (C=O) groups is 1. The van der Waals surface area contributed by atoms with Gasteiger partial charge in [-0.15, -0.1) is 0 Å². The van der Waals surface area contributed by atoms with Gasteiger partial charge in [0.25, 0.3) is 9.05 Å². The van der Waals surface area contributed by atoms with Crippen LogP contribution >= 0.6 is 10.7 Å². The Kier molecular flexibility index (Phi) is 3.78. The Bertz CT molecular complexity index is 626. The average molecular weight is 311 g/mol. The summed E-state index contributed by atoms with van der Waals surface area (Å²) in [6.45, 7) is 0.109. The molecule has 19 heavy (non-hydrogen) atoms. The molecule has 0 unspecified atom stereocenters. The van der Waals surface area contributed by atoms with Crippen LogP contribution in [0.2, 0.25) is 0 Å². The Morgan fingerprint density at radius 1 is 1.37 bits per heavy atom. The Morgan fingerprint density at radius 3 is 2.53 bits per heavy atom. The summed E-state index contributed by atoms with van der Waals surface area (Å²) >= 11 is 0. The summed E-state index contributed by atoms with van der Waals surface area (Å²) in [5.74, 6) is -3.78. The zero-order valence-electron chi connectivity index (χ0n) is 9.53. The number of hydrogen-bond acceptors (Lipinski definition) is 4. The topological polar surface area (TPSA) is 60.4 Å². The van der Waals surface area contributed by atoms with Crippen molar-refractivity contribution in [2.45, 2.75) is 17.7 Å². The molecule has 0 N–H and O–H groups in total. The van der Waals surface area contributed by atoms with Crippen LogP contribution in [0.3, 0.4) is 0 Å². The summed E-state index contributed by atoms with van der Waals surface area (Å²) in [6, 6.07) is 1.07. The summed E-state index contributed by atoms with van der Waals surface area (Å²) in [7, 11) is 0.769. The molecule has 1 saturated carbocycles. The number of rotatable bonds is 4. The van der Waals surface area contributed by atoms with Crippen LogP contribution in [0, 0.1) is 17.6 Å². The van der Waals surface area contributed by atoms with Gasteiger partial charge in [-0.3, -0.25) is 0 Å². The van der Waals surface area contributed by atoms with Gasteiger partial charge in [-0.1, -0.05) is 0 Å². The van der Waals surface area contributed by atoms with Crippen molar-refractivity contribution in [1.82, 2.24) is 0 Å². The lowest BCUT2D eigenvalue weighted by Crippen LogP contribution is -2.12. The Hall–Kier alpha value is -1.21. The predicted molar refractivity (Wildman–Crippen MR) is 62.4 cm³/mol. The van der Waals surface area contributed by atoms with E-state index < -0.39 is 37.1 Å². The van der Waals surface area contributed by atoms with Crippen molar-refractivity contribution in [3.05, 3.63) is 29.3 Å². The molecule has 0 radical (unpaired) electrons. The van der Waals surface area contributed by atoms with E-state index in [9.17, 15) is 22.0 Å². The third-order valence-corrected chi connectivity index (χ3v) is 3.98. The minimum atomic E-state index is -4.26. The van der Waals surface area contributed by atoms with E-state index in [2.05, 4.69) is 0 Å². The van der Waals surface area contributed by atoms with Gasteiger partial charge < -0.3 is 4.74 Å². The molecule has 1 aromatic rings. The van der Waals surface area contributed by atoms with Crippen LogP contribution in [0.15, 0.2) is 17.0 Å². The second-order valence-electron chi connectivity index (χ2n) is 4.25. The van der Waals surface area contributed by atoms with E-state index in [1.807, 2.05) is 0 Å². The van der Waals surface area contributed by atoms with Gasteiger partial charge in [-0.25, -0.2) is 22.0 Å². The van der Waals surface area contributed by atoms with Crippen LogP contribution < -0.4 is 0 Å². The highest BCUT2D eigenvalue weighted by Crippen LogP contribution is 2.29. The Labute approximate surface area is 112 Å². The summed E-state index contributed by atoms with van der Waals surface area (Å²) in [4.78, 5) is 10.9. The van der Waals surface area contributed by atoms with Gasteiger partial charge in [0.05, 0.1) is 17.1 Å². The number of ether oxygens (including phenoxy) is 1. The molecule has 1 aromatic carbocycles. The number of halogens is 3. The molecule has 4 nitrogen and oxygen atoms in total. The Balaban J connectivity index is 2.31. The Morgan fingerprint density at radius 2 is 2.00 bits per heavy atom. The smallest absolute Gasteiger partial charge is 0.341 e. The first-order valence-corrected chi connectivity index (χ1v) is 7.71. The molecule has 104 valence electrons. The van der Waals surface area contributed by atoms with Gasteiger partial charge in [-0.2, -0.15) is 0 Å². The fourth-order valence-corrected chi connectivity index (χ4v) is 2.18. The largest absolute Gasteiger partial charge is 0.462 e. The van der Waals surface area contributed by atoms with E-state index in [1.54, 1.807) is 0 Å². The maximum absolute atomic E-state index is 13.4. The minimum Gasteiger partial charge on any atom is -0.462 e. The molecule has 1 fully saturated rings. The van der Waals surface area contributed by atoms with Crippen LogP contribution in [0.5, 0.6) is 0 Å². The molecule has 0 saturated heterocycles. The van der Waals surface area contributed by atoms with Gasteiger partial charge in [0, 0.05) is 10.7 Å². The van der Waals surface area contributed by atoms with Crippen molar-refractivity contribution < 1.29 is 26.7 Å². The first-order chi connectivity index (χ1) is 8.79. The molecule has 0 atom stereocenters. The van der Waals surface area contributed by atoms with Crippen molar-refractivity contribution in [3.8, 4) is 0 Å². The fourth-order valence-electron chi connectivity index (χ4n) is 1.41. The zero-order chi connectivity index (χ0) is 14.2. The van der Waals surface area contributed by atoms with E-state index in [1.165, 1.54) is 0 Å². The third kappa shape index (κ3) is 3.42. The van der Waals surface area contributed by atoms with E-state index >= 15 is 0 Å². The van der Waals surface area contributed by atoms with Gasteiger partial charge >= 0.3 is 5.97 Å². The van der Waals surface area contributed by atoms with E-state index in [4.69, 9.17) is 15.4 Å². The summed E-state index contributed by atoms with van der Waals surface area (Å²) < 4.78 is 53.6. The van der Waals surface area contributed by atoms with Crippen molar-refractivity contribution >= 4 is 25.7 Å². The highest BCUT2D eigenvalue weighted by Gasteiger charge is 2.26. The van der Waals surface area contributed by atoms with Crippen molar-refractivity contribution in [3.63, 3.8) is 0 Å². The summed E-state index contributed by atoms with van der Waals surface area (Å²) in [6.07, 6.45) is 1.83. The SMILES string of the molecule is O=C(OCC1CC1)c1cc(S(=O)(=O)Cl)cc(F)c1F. The summed E-state index contributed by atoms with van der Waals surface area (Å²) in [5.41, 5.74) is -0.778. The molecule has 2 rings (SSSR count). The third-order valence-electron chi connectivity index (χ3n) is 2.65. The molecular weight excluding hydrogens is 302 g/mol. The number of benzene rings is 1. The maximum atomic E-state index is 13.4. The summed E-state index contributed by atoms with van der Waals surface area (Å²) in [5, 5.41) is 0. The molecule has 1 aliphatic rings. The van der Waals surface area contributed by atoms with Crippen molar-refractivity contribution in [1.29, 1.82) is 0 Å². The second kappa shape index (κ2) is 5.05. The molecule has 0 spiro atoms. The van der Waals surface area contributed by atoms with Crippen LogP contribution in [-0.4, -0.2) is 21.0 Å². The lowest BCUT2D eigenvalue weighted by atomic mass is 10.2. The van der Waals surface area contributed by atoms with Gasteiger partial charge in [0.2, 0.25) is 0 Å². The van der Waals surface area contributed by atoms with Gasteiger partial charge in [0.1, 0.15) is 0 Å². The van der Waals surface area contributed by atoms with Crippen LogP contribution in [-0.2, 0) is 13.8 Å². The minimum absolute atomic E-state index is 0.109. The standard InChI is InChI=1S/C11H9ClF2O4S/c12-19(16,17)7-3-8(10(14)9(13)4-7)11(15)18-5-6-1-2-6/h3-4,6H,1-2,5H2. The average Bonchev–Trinajstić information content (AvgIpc) is 3.11. The molecule has 0 heterocycles. The molecule has 8 heteroatoms. The normalized spacial score (nSPS) is 15.3. The number of esters is 1. The monoisotopic (exact) mass is 310 g/mol. The number of hydrogen-bond donors (Lipinski definition) is 0. The van der Waals surface area contributed by atoms with Crippen LogP contribution in [0.25, 0.3) is 0 Å². The van der Waals surface area contributed by atoms with Crippen LogP contribution in [0.4, 0.5) is 8.78 Å². The van der Waals surface area contributed by atoms with Crippen molar-refractivity contribution in [2.75, 3.05) is 6.61 Å².